The number of rotatable bonds is 4. The smallest absolute Gasteiger partial charge is 0.152 e. The number of aryl methyl sites for hydroxylation is 1. The summed E-state index contributed by atoms with van der Waals surface area (Å²) in [6.07, 6.45) is 0.422. The van der Waals surface area contributed by atoms with Crippen LogP contribution < -0.4 is 11.1 Å². The van der Waals surface area contributed by atoms with Gasteiger partial charge in [0.05, 0.1) is 23.9 Å². The number of aromatic nitrogens is 2. The molecule has 5 heteroatoms. The van der Waals surface area contributed by atoms with Crippen molar-refractivity contribution in [3.8, 4) is 6.07 Å². The van der Waals surface area contributed by atoms with Crippen molar-refractivity contribution in [1.29, 1.82) is 5.26 Å². The summed E-state index contributed by atoms with van der Waals surface area (Å²) in [6, 6.07) is 9.87. The Bertz CT molecular complexity index is 632. The zero-order chi connectivity index (χ0) is 14.7. The normalized spacial score (nSPS) is 10.6. The molecule has 1 aromatic heterocycles. The average Bonchev–Trinajstić information content (AvgIpc) is 2.69. The van der Waals surface area contributed by atoms with Crippen LogP contribution in [0.3, 0.4) is 0 Å². The van der Waals surface area contributed by atoms with Crippen LogP contribution in [-0.4, -0.2) is 9.78 Å². The van der Waals surface area contributed by atoms with E-state index in [1.54, 1.807) is 4.68 Å². The van der Waals surface area contributed by atoms with Crippen molar-refractivity contribution in [2.45, 2.75) is 26.2 Å². The quantitative estimate of drug-likeness (QED) is 0.894. The molecule has 0 radical (unpaired) electrons. The lowest BCUT2D eigenvalue weighted by Crippen LogP contribution is -2.01. The molecule has 0 aliphatic carbocycles. The molecule has 0 atom stereocenters. The maximum Gasteiger partial charge on any atom is 0.152 e. The molecular weight excluding hydrogens is 250 g/mol. The van der Waals surface area contributed by atoms with Gasteiger partial charge in [-0.05, 0) is 23.6 Å². The Morgan fingerprint density at radius 2 is 2.00 bits per heavy atom. The van der Waals surface area contributed by atoms with Crippen molar-refractivity contribution in [1.82, 2.24) is 9.78 Å². The Labute approximate surface area is 119 Å². The second kappa shape index (κ2) is 5.66. The zero-order valence-electron chi connectivity index (χ0n) is 12.0. The highest BCUT2D eigenvalue weighted by atomic mass is 15.3. The van der Waals surface area contributed by atoms with Crippen molar-refractivity contribution < 1.29 is 0 Å². The van der Waals surface area contributed by atoms with E-state index < -0.39 is 0 Å². The summed E-state index contributed by atoms with van der Waals surface area (Å²) in [5, 5.41) is 16.4. The minimum Gasteiger partial charge on any atom is -0.394 e. The number of anilines is 3. The largest absolute Gasteiger partial charge is 0.394 e. The minimum atomic E-state index is 0.287. The summed E-state index contributed by atoms with van der Waals surface area (Å²) in [7, 11) is 1.87. The Kier molecular flexibility index (Phi) is 3.94. The molecule has 5 nitrogen and oxygen atoms in total. The van der Waals surface area contributed by atoms with Crippen LogP contribution in [0.2, 0.25) is 0 Å². The number of nitriles is 1. The molecule has 0 unspecified atom stereocenters. The number of nitrogen functional groups attached to an aromatic ring is 1. The van der Waals surface area contributed by atoms with Crippen molar-refractivity contribution in [2.24, 2.45) is 7.05 Å². The zero-order valence-corrected chi connectivity index (χ0v) is 12.0. The topological polar surface area (TPSA) is 79.7 Å². The molecule has 20 heavy (non-hydrogen) atoms. The maximum atomic E-state index is 8.66. The van der Waals surface area contributed by atoms with Gasteiger partial charge < -0.3 is 11.1 Å². The van der Waals surface area contributed by atoms with Crippen LogP contribution in [0.25, 0.3) is 0 Å². The van der Waals surface area contributed by atoms with Crippen molar-refractivity contribution in [2.75, 3.05) is 11.1 Å². The molecule has 0 saturated carbocycles. The van der Waals surface area contributed by atoms with Gasteiger partial charge in [0.15, 0.2) is 5.82 Å². The van der Waals surface area contributed by atoms with E-state index in [1.165, 1.54) is 0 Å². The molecule has 3 N–H and O–H groups in total. The van der Waals surface area contributed by atoms with E-state index in [0.29, 0.717) is 12.1 Å². The fraction of sp³-hybridized carbons (Fsp3) is 0.333. The molecule has 0 amide bonds. The highest BCUT2D eigenvalue weighted by Gasteiger charge is 2.15. The van der Waals surface area contributed by atoms with Crippen molar-refractivity contribution in [3.05, 3.63) is 35.5 Å². The van der Waals surface area contributed by atoms with Gasteiger partial charge >= 0.3 is 0 Å². The summed E-state index contributed by atoms with van der Waals surface area (Å²) in [6.45, 7) is 4.14. The Hall–Kier alpha value is -2.48. The predicted octanol–water partition coefficient (Wildman–Crippen LogP) is 2.94. The molecule has 0 spiro atoms. The summed E-state index contributed by atoms with van der Waals surface area (Å²) in [5.74, 6) is 1.08. The Morgan fingerprint density at radius 3 is 2.50 bits per heavy atom. The van der Waals surface area contributed by atoms with E-state index in [9.17, 15) is 0 Å². The third-order valence-electron chi connectivity index (χ3n) is 3.16. The lowest BCUT2D eigenvalue weighted by molar-refractivity contribution is 0.718. The molecule has 104 valence electrons. The first-order valence-corrected chi connectivity index (χ1v) is 6.58. The van der Waals surface area contributed by atoms with E-state index in [2.05, 4.69) is 30.3 Å². The van der Waals surface area contributed by atoms with E-state index in [0.717, 1.165) is 22.8 Å². The van der Waals surface area contributed by atoms with Crippen LogP contribution in [-0.2, 0) is 13.5 Å². The SMILES string of the molecule is CC(C)c1nn(C)c(Nc2ccc(CC#N)cc2)c1N. The van der Waals surface area contributed by atoms with Gasteiger partial charge in [-0.1, -0.05) is 26.0 Å². The molecule has 2 aromatic rings. The van der Waals surface area contributed by atoms with Crippen LogP contribution in [0.15, 0.2) is 24.3 Å². The third-order valence-corrected chi connectivity index (χ3v) is 3.16. The molecule has 1 heterocycles. The first-order chi connectivity index (χ1) is 9.52. The second-order valence-electron chi connectivity index (χ2n) is 5.08. The van der Waals surface area contributed by atoms with Crippen LogP contribution in [0, 0.1) is 11.3 Å². The number of nitrogens with two attached hydrogens (primary N) is 1. The minimum absolute atomic E-state index is 0.287. The van der Waals surface area contributed by atoms with E-state index in [-0.39, 0.29) is 5.92 Å². The number of hydrogen-bond acceptors (Lipinski definition) is 4. The van der Waals surface area contributed by atoms with E-state index in [4.69, 9.17) is 11.0 Å². The molecule has 0 aliphatic rings. The third kappa shape index (κ3) is 2.75. The first-order valence-electron chi connectivity index (χ1n) is 6.58. The number of benzene rings is 1. The van der Waals surface area contributed by atoms with Gasteiger partial charge in [-0.15, -0.1) is 0 Å². The second-order valence-corrected chi connectivity index (χ2v) is 5.08. The molecule has 0 fully saturated rings. The van der Waals surface area contributed by atoms with Gasteiger partial charge in [0.1, 0.15) is 0 Å². The first kappa shape index (κ1) is 13.9. The average molecular weight is 269 g/mol. The van der Waals surface area contributed by atoms with Gasteiger partial charge in [0.25, 0.3) is 0 Å². The van der Waals surface area contributed by atoms with Gasteiger partial charge in [0, 0.05) is 12.7 Å². The van der Waals surface area contributed by atoms with Crippen LogP contribution >= 0.6 is 0 Å². The Balaban J connectivity index is 2.24. The molecule has 0 aliphatic heterocycles. The fourth-order valence-electron chi connectivity index (χ4n) is 2.07. The summed E-state index contributed by atoms with van der Waals surface area (Å²) < 4.78 is 1.76. The van der Waals surface area contributed by atoms with Gasteiger partial charge in [-0.25, -0.2) is 0 Å². The molecule has 2 rings (SSSR count). The summed E-state index contributed by atoms with van der Waals surface area (Å²) in [4.78, 5) is 0. The molecular formula is C15H19N5. The molecule has 0 bridgehead atoms. The highest BCUT2D eigenvalue weighted by Crippen LogP contribution is 2.30. The standard InChI is InChI=1S/C15H19N5/c1-10(2)14-13(17)15(20(3)19-14)18-12-6-4-11(5-7-12)8-9-16/h4-7,10,18H,8,17H2,1-3H3. The lowest BCUT2D eigenvalue weighted by atomic mass is 10.1. The van der Waals surface area contributed by atoms with Gasteiger partial charge in [-0.3, -0.25) is 4.68 Å². The molecule has 0 saturated heterocycles. The van der Waals surface area contributed by atoms with Crippen LogP contribution in [0.5, 0.6) is 0 Å². The van der Waals surface area contributed by atoms with Crippen LogP contribution in [0.4, 0.5) is 17.2 Å². The number of hydrogen-bond donors (Lipinski definition) is 2. The van der Waals surface area contributed by atoms with Crippen LogP contribution in [0.1, 0.15) is 31.0 Å². The monoisotopic (exact) mass is 269 g/mol. The maximum absolute atomic E-state index is 8.66. The van der Waals surface area contributed by atoms with Gasteiger partial charge in [0.2, 0.25) is 0 Å². The fourth-order valence-corrected chi connectivity index (χ4v) is 2.07. The highest BCUT2D eigenvalue weighted by molar-refractivity contribution is 5.71. The lowest BCUT2D eigenvalue weighted by Gasteiger charge is -2.08. The Morgan fingerprint density at radius 1 is 1.35 bits per heavy atom. The van der Waals surface area contributed by atoms with Crippen molar-refractivity contribution in [3.63, 3.8) is 0 Å². The number of nitrogens with zero attached hydrogens (tertiary/aromatic N) is 3. The molecule has 1 aromatic carbocycles. The van der Waals surface area contributed by atoms with Crippen molar-refractivity contribution >= 4 is 17.2 Å². The predicted molar refractivity (Wildman–Crippen MR) is 80.8 cm³/mol. The van der Waals surface area contributed by atoms with E-state index >= 15 is 0 Å². The van der Waals surface area contributed by atoms with Gasteiger partial charge in [-0.2, -0.15) is 10.4 Å². The van der Waals surface area contributed by atoms with E-state index in [1.807, 2.05) is 31.3 Å². The number of nitrogens with one attached hydrogen (secondary N) is 1. The summed E-state index contributed by atoms with van der Waals surface area (Å²) in [5.41, 5.74) is 9.65. The summed E-state index contributed by atoms with van der Waals surface area (Å²) >= 11 is 0.